The first-order chi connectivity index (χ1) is 7.59. The van der Waals surface area contributed by atoms with Crippen LogP contribution >= 0.6 is 7.60 Å². The fraction of sp³-hybridized carbons (Fsp3) is 0.538. The molecule has 0 atom stereocenters. The van der Waals surface area contributed by atoms with Gasteiger partial charge in [-0.3, -0.25) is 4.57 Å². The van der Waals surface area contributed by atoms with Crippen LogP contribution in [0, 0.1) is 13.8 Å². The third-order valence-corrected chi connectivity index (χ3v) is 4.31. The lowest BCUT2D eigenvalue weighted by Crippen LogP contribution is -2.27. The van der Waals surface area contributed by atoms with E-state index in [0.717, 1.165) is 23.1 Å². The van der Waals surface area contributed by atoms with Crippen LogP contribution in [-0.4, -0.2) is 9.79 Å². The predicted octanol–water partition coefficient (Wildman–Crippen LogP) is 2.79. The van der Waals surface area contributed by atoms with Gasteiger partial charge in [0.25, 0.3) is 0 Å². The number of aryl methyl sites for hydroxylation is 2. The molecule has 17 heavy (non-hydrogen) atoms. The van der Waals surface area contributed by atoms with Crippen LogP contribution in [0.4, 0.5) is 0 Å². The van der Waals surface area contributed by atoms with E-state index in [2.05, 4.69) is 0 Å². The highest BCUT2D eigenvalue weighted by Crippen LogP contribution is 2.40. The van der Waals surface area contributed by atoms with E-state index in [-0.39, 0.29) is 10.7 Å². The van der Waals surface area contributed by atoms with Crippen molar-refractivity contribution in [2.75, 3.05) is 0 Å². The lowest BCUT2D eigenvalue weighted by atomic mass is 9.79. The minimum absolute atomic E-state index is 0.182. The van der Waals surface area contributed by atoms with Crippen molar-refractivity contribution < 1.29 is 14.4 Å². The maximum Gasteiger partial charge on any atom is 0.356 e. The van der Waals surface area contributed by atoms with Gasteiger partial charge in [0.2, 0.25) is 0 Å². The average Bonchev–Trinajstić information content (AvgIpc) is 2.14. The van der Waals surface area contributed by atoms with Crippen LogP contribution in [-0.2, 0) is 9.98 Å². The zero-order valence-corrected chi connectivity index (χ0v) is 12.0. The van der Waals surface area contributed by atoms with Crippen LogP contribution in [0.15, 0.2) is 12.1 Å². The van der Waals surface area contributed by atoms with Crippen LogP contribution < -0.4 is 5.30 Å². The molecule has 1 aromatic rings. The van der Waals surface area contributed by atoms with Crippen molar-refractivity contribution >= 4 is 12.9 Å². The Morgan fingerprint density at radius 1 is 1.24 bits per heavy atom. The Morgan fingerprint density at radius 2 is 1.76 bits per heavy atom. The largest absolute Gasteiger partial charge is 0.356 e. The molecule has 1 aromatic carbocycles. The predicted molar refractivity (Wildman–Crippen MR) is 70.9 cm³/mol. The summed E-state index contributed by atoms with van der Waals surface area (Å²) in [6.45, 7) is 9.84. The first-order valence-electron chi connectivity index (χ1n) is 5.77. The third kappa shape index (κ3) is 2.98. The Balaban J connectivity index is 3.64. The number of benzene rings is 1. The van der Waals surface area contributed by atoms with Crippen molar-refractivity contribution in [3.63, 3.8) is 0 Å². The molecule has 1 rings (SSSR count). The second-order valence-electron chi connectivity index (χ2n) is 5.26. The summed E-state index contributed by atoms with van der Waals surface area (Å²) in [4.78, 5) is 19.0. The van der Waals surface area contributed by atoms with Gasteiger partial charge in [-0.2, -0.15) is 0 Å². The molecular weight excluding hydrogens is 235 g/mol. The molecule has 0 aliphatic rings. The quantitative estimate of drug-likeness (QED) is 0.817. The molecule has 0 spiro atoms. The average molecular weight is 256 g/mol. The van der Waals surface area contributed by atoms with Gasteiger partial charge in [-0.1, -0.05) is 26.8 Å². The van der Waals surface area contributed by atoms with E-state index in [9.17, 15) is 14.4 Å². The molecule has 0 aliphatic carbocycles. The molecule has 0 radical (unpaired) electrons. The molecular formula is C13H21O3P. The summed E-state index contributed by atoms with van der Waals surface area (Å²) >= 11 is 0. The van der Waals surface area contributed by atoms with Crippen LogP contribution in [0.25, 0.3) is 0 Å². The third-order valence-electron chi connectivity index (χ3n) is 3.33. The molecule has 3 nitrogen and oxygen atoms in total. The summed E-state index contributed by atoms with van der Waals surface area (Å²) in [7, 11) is -4.22. The van der Waals surface area contributed by atoms with E-state index < -0.39 is 7.60 Å². The Kier molecular flexibility index (Phi) is 3.87. The fourth-order valence-electron chi connectivity index (χ4n) is 2.23. The lowest BCUT2D eigenvalue weighted by Gasteiger charge is -2.29. The van der Waals surface area contributed by atoms with Crippen LogP contribution in [0.2, 0.25) is 0 Å². The molecule has 4 heteroatoms. The van der Waals surface area contributed by atoms with Crippen LogP contribution in [0.5, 0.6) is 0 Å². The maximum atomic E-state index is 11.6. The van der Waals surface area contributed by atoms with Gasteiger partial charge in [-0.05, 0) is 48.4 Å². The maximum absolute atomic E-state index is 11.6. The second kappa shape index (κ2) is 4.56. The van der Waals surface area contributed by atoms with Gasteiger partial charge in [0.15, 0.2) is 0 Å². The van der Waals surface area contributed by atoms with Crippen LogP contribution in [0.1, 0.15) is 43.9 Å². The normalized spacial score (nSPS) is 12.9. The van der Waals surface area contributed by atoms with Gasteiger partial charge < -0.3 is 9.79 Å². The van der Waals surface area contributed by atoms with Crippen molar-refractivity contribution in [1.82, 2.24) is 0 Å². The minimum atomic E-state index is -4.22. The van der Waals surface area contributed by atoms with Crippen molar-refractivity contribution in [1.29, 1.82) is 0 Å². The molecule has 0 fully saturated rings. The summed E-state index contributed by atoms with van der Waals surface area (Å²) < 4.78 is 11.6. The summed E-state index contributed by atoms with van der Waals surface area (Å²) in [5, 5.41) is 0.182. The van der Waals surface area contributed by atoms with Gasteiger partial charge >= 0.3 is 7.60 Å². The van der Waals surface area contributed by atoms with E-state index in [1.165, 1.54) is 0 Å². The number of hydrogen-bond donors (Lipinski definition) is 2. The van der Waals surface area contributed by atoms with Crippen molar-refractivity contribution in [2.45, 2.75) is 46.5 Å². The van der Waals surface area contributed by atoms with E-state index in [0.29, 0.717) is 0 Å². The number of rotatable bonds is 3. The van der Waals surface area contributed by atoms with Gasteiger partial charge in [-0.15, -0.1) is 0 Å². The topological polar surface area (TPSA) is 57.5 Å². The molecule has 0 saturated carbocycles. The standard InChI is InChI=1S/C13H21O3P/c1-6-13(4,5)12-10(3)7-9(2)8-11(12)17(14,15)16/h7-8H,6H2,1-5H3,(H2,14,15,16). The van der Waals surface area contributed by atoms with Gasteiger partial charge in [0, 0.05) is 0 Å². The highest BCUT2D eigenvalue weighted by molar-refractivity contribution is 7.60. The summed E-state index contributed by atoms with van der Waals surface area (Å²) in [5.74, 6) is 0. The second-order valence-corrected chi connectivity index (χ2v) is 6.83. The SMILES string of the molecule is CCC(C)(C)c1c(C)cc(C)cc1P(=O)(O)O. The minimum Gasteiger partial charge on any atom is -0.321 e. The van der Waals surface area contributed by atoms with E-state index in [1.807, 2.05) is 40.7 Å². The molecule has 0 aliphatic heterocycles. The lowest BCUT2D eigenvalue weighted by molar-refractivity contribution is 0.385. The molecule has 0 bridgehead atoms. The highest BCUT2D eigenvalue weighted by Gasteiger charge is 2.31. The van der Waals surface area contributed by atoms with Crippen LogP contribution in [0.3, 0.4) is 0 Å². The van der Waals surface area contributed by atoms with E-state index >= 15 is 0 Å². The molecule has 0 heterocycles. The zero-order chi connectivity index (χ0) is 13.4. The molecule has 0 unspecified atom stereocenters. The summed E-state index contributed by atoms with van der Waals surface area (Å²) in [6, 6.07) is 3.59. The first kappa shape index (κ1) is 14.4. The molecule has 96 valence electrons. The Morgan fingerprint density at radius 3 is 2.18 bits per heavy atom. The Hall–Kier alpha value is -0.630. The van der Waals surface area contributed by atoms with Gasteiger partial charge in [-0.25, -0.2) is 0 Å². The smallest absolute Gasteiger partial charge is 0.321 e. The van der Waals surface area contributed by atoms with Crippen molar-refractivity contribution in [2.24, 2.45) is 0 Å². The molecule has 0 amide bonds. The van der Waals surface area contributed by atoms with Crippen molar-refractivity contribution in [3.05, 3.63) is 28.8 Å². The summed E-state index contributed by atoms with van der Waals surface area (Å²) in [6.07, 6.45) is 0.837. The highest BCUT2D eigenvalue weighted by atomic mass is 31.2. The fourth-order valence-corrected chi connectivity index (χ4v) is 3.37. The Bertz CT molecular complexity index is 472. The van der Waals surface area contributed by atoms with Gasteiger partial charge in [0.05, 0.1) is 5.30 Å². The first-order valence-corrected chi connectivity index (χ1v) is 7.38. The number of hydrogen-bond acceptors (Lipinski definition) is 1. The van der Waals surface area contributed by atoms with Gasteiger partial charge in [0.1, 0.15) is 0 Å². The molecule has 0 aromatic heterocycles. The Labute approximate surface area is 103 Å². The zero-order valence-electron chi connectivity index (χ0n) is 11.1. The molecule has 0 saturated heterocycles. The monoisotopic (exact) mass is 256 g/mol. The van der Waals surface area contributed by atoms with Crippen molar-refractivity contribution in [3.8, 4) is 0 Å². The van der Waals surface area contributed by atoms with E-state index in [1.54, 1.807) is 6.07 Å². The molecule has 2 N–H and O–H groups in total. The summed E-state index contributed by atoms with van der Waals surface area (Å²) in [5.41, 5.74) is 2.40. The van der Waals surface area contributed by atoms with E-state index in [4.69, 9.17) is 0 Å².